The Morgan fingerprint density at radius 1 is 1.41 bits per heavy atom. The Bertz CT molecular complexity index is 571. The van der Waals surface area contributed by atoms with Crippen molar-refractivity contribution in [3.05, 3.63) is 29.8 Å². The smallest absolute Gasteiger partial charge is 0.230 e. The van der Waals surface area contributed by atoms with Crippen molar-refractivity contribution in [2.24, 2.45) is 5.92 Å². The summed E-state index contributed by atoms with van der Waals surface area (Å²) in [5.41, 5.74) is 1.73. The van der Waals surface area contributed by atoms with Crippen LogP contribution in [0.15, 0.2) is 24.3 Å². The van der Waals surface area contributed by atoms with Crippen LogP contribution in [-0.2, 0) is 9.59 Å². The molecule has 0 aliphatic carbocycles. The van der Waals surface area contributed by atoms with Gasteiger partial charge in [0.15, 0.2) is 0 Å². The molecule has 1 aromatic carbocycles. The topological polar surface area (TPSA) is 61.4 Å². The maximum Gasteiger partial charge on any atom is 0.230 e. The maximum atomic E-state index is 12.9. The number of hydrogen-bond donors (Lipinski definition) is 2. The monoisotopic (exact) mass is 301 g/mol. The molecule has 5 nitrogen and oxygen atoms in total. The molecule has 3 rings (SSSR count). The number of piperidine rings is 1. The van der Waals surface area contributed by atoms with E-state index in [1.807, 2.05) is 36.2 Å². The lowest BCUT2D eigenvalue weighted by Gasteiger charge is -2.36. The van der Waals surface area contributed by atoms with Crippen LogP contribution in [-0.4, -0.2) is 43.4 Å². The van der Waals surface area contributed by atoms with Crippen LogP contribution in [0, 0.1) is 5.92 Å². The summed E-state index contributed by atoms with van der Waals surface area (Å²) < 4.78 is 0. The van der Waals surface area contributed by atoms with Crippen molar-refractivity contribution in [2.75, 3.05) is 32.0 Å². The molecule has 1 aromatic rings. The first kappa shape index (κ1) is 15.0. The summed E-state index contributed by atoms with van der Waals surface area (Å²) in [6, 6.07) is 7.63. The van der Waals surface area contributed by atoms with Gasteiger partial charge in [-0.15, -0.1) is 0 Å². The Morgan fingerprint density at radius 2 is 2.23 bits per heavy atom. The van der Waals surface area contributed by atoms with E-state index < -0.39 is 0 Å². The summed E-state index contributed by atoms with van der Waals surface area (Å²) in [4.78, 5) is 26.8. The van der Waals surface area contributed by atoms with Gasteiger partial charge >= 0.3 is 0 Å². The highest BCUT2D eigenvalue weighted by Crippen LogP contribution is 2.34. The van der Waals surface area contributed by atoms with Crippen LogP contribution < -0.4 is 10.6 Å². The number of anilines is 1. The lowest BCUT2D eigenvalue weighted by molar-refractivity contribution is -0.136. The molecule has 2 aliphatic rings. The molecule has 2 N–H and O–H groups in total. The number of benzene rings is 1. The minimum atomic E-state index is -0.335. The molecule has 22 heavy (non-hydrogen) atoms. The summed E-state index contributed by atoms with van der Waals surface area (Å²) in [5, 5.41) is 6.05. The summed E-state index contributed by atoms with van der Waals surface area (Å²) in [6.07, 6.45) is 2.45. The number of fused-ring (bicyclic) bond motifs is 1. The Hall–Kier alpha value is -1.88. The second-order valence-electron chi connectivity index (χ2n) is 6.24. The highest BCUT2D eigenvalue weighted by atomic mass is 16.2. The lowest BCUT2D eigenvalue weighted by Crippen LogP contribution is -2.45. The molecule has 1 saturated heterocycles. The molecule has 0 aromatic heterocycles. The van der Waals surface area contributed by atoms with Crippen LogP contribution in [0.2, 0.25) is 0 Å². The molecule has 0 radical (unpaired) electrons. The van der Waals surface area contributed by atoms with E-state index in [1.165, 1.54) is 0 Å². The molecule has 2 amide bonds. The molecule has 2 heterocycles. The van der Waals surface area contributed by atoms with Crippen LogP contribution >= 0.6 is 0 Å². The predicted molar refractivity (Wildman–Crippen MR) is 85.7 cm³/mol. The second-order valence-corrected chi connectivity index (χ2v) is 6.24. The number of likely N-dealkylation sites (tertiary alicyclic amines) is 1. The fraction of sp³-hybridized carbons (Fsp3) is 0.529. The standard InChI is InChI=1S/C17H23N3O2/c1-18-10-12-5-4-8-20(11-12)17(22)14-9-16(21)19-15-7-3-2-6-13(14)15/h2-3,6-7,12,14,18H,4-5,8-11H2,1H3,(H,19,21). The van der Waals surface area contributed by atoms with Crippen LogP contribution in [0.3, 0.4) is 0 Å². The van der Waals surface area contributed by atoms with E-state index in [-0.39, 0.29) is 24.2 Å². The Labute approximate surface area is 131 Å². The SMILES string of the molecule is CNCC1CCCN(C(=O)C2CC(=O)Nc3ccccc32)C1. The number of nitrogens with one attached hydrogen (secondary N) is 2. The number of rotatable bonds is 3. The highest BCUT2D eigenvalue weighted by Gasteiger charge is 2.34. The zero-order chi connectivity index (χ0) is 15.5. The maximum absolute atomic E-state index is 12.9. The van der Waals surface area contributed by atoms with E-state index >= 15 is 0 Å². The minimum Gasteiger partial charge on any atom is -0.342 e. The number of carbonyl (C=O) groups excluding carboxylic acids is 2. The van der Waals surface area contributed by atoms with E-state index in [2.05, 4.69) is 10.6 Å². The summed E-state index contributed by atoms with van der Waals surface area (Å²) >= 11 is 0. The predicted octanol–water partition coefficient (Wildman–Crippen LogP) is 1.57. The molecular weight excluding hydrogens is 278 g/mol. The van der Waals surface area contributed by atoms with Gasteiger partial charge in [-0.1, -0.05) is 18.2 Å². The Morgan fingerprint density at radius 3 is 3.05 bits per heavy atom. The largest absolute Gasteiger partial charge is 0.342 e. The minimum absolute atomic E-state index is 0.0687. The average Bonchev–Trinajstić information content (AvgIpc) is 2.54. The average molecular weight is 301 g/mol. The van der Waals surface area contributed by atoms with Crippen LogP contribution in [0.25, 0.3) is 0 Å². The number of hydrogen-bond acceptors (Lipinski definition) is 3. The second kappa shape index (κ2) is 6.48. The third-order valence-corrected chi connectivity index (χ3v) is 4.62. The van der Waals surface area contributed by atoms with Gasteiger partial charge in [0.1, 0.15) is 0 Å². The van der Waals surface area contributed by atoms with Crippen molar-refractivity contribution < 1.29 is 9.59 Å². The third kappa shape index (κ3) is 2.99. The van der Waals surface area contributed by atoms with Gasteiger partial charge < -0.3 is 15.5 Å². The highest BCUT2D eigenvalue weighted by molar-refractivity contribution is 6.01. The summed E-state index contributed by atoms with van der Waals surface area (Å²) in [6.45, 7) is 2.53. The Balaban J connectivity index is 1.78. The van der Waals surface area contributed by atoms with Gasteiger partial charge in [0.05, 0.1) is 5.92 Å². The lowest BCUT2D eigenvalue weighted by atomic mass is 9.88. The molecule has 0 saturated carbocycles. The van der Waals surface area contributed by atoms with E-state index in [0.717, 1.165) is 43.7 Å². The van der Waals surface area contributed by atoms with Gasteiger partial charge in [-0.25, -0.2) is 0 Å². The van der Waals surface area contributed by atoms with Crippen LogP contribution in [0.1, 0.15) is 30.7 Å². The number of nitrogens with zero attached hydrogens (tertiary/aromatic N) is 1. The van der Waals surface area contributed by atoms with Gasteiger partial charge in [0.2, 0.25) is 11.8 Å². The number of para-hydroxylation sites is 1. The van der Waals surface area contributed by atoms with E-state index in [1.54, 1.807) is 0 Å². The zero-order valence-corrected chi connectivity index (χ0v) is 13.0. The zero-order valence-electron chi connectivity index (χ0n) is 13.0. The van der Waals surface area contributed by atoms with Crippen molar-refractivity contribution in [1.82, 2.24) is 10.2 Å². The van der Waals surface area contributed by atoms with Crippen molar-refractivity contribution >= 4 is 17.5 Å². The number of amides is 2. The van der Waals surface area contributed by atoms with Gasteiger partial charge in [-0.05, 0) is 44.0 Å². The molecule has 0 spiro atoms. The van der Waals surface area contributed by atoms with E-state index in [4.69, 9.17) is 0 Å². The first-order chi connectivity index (χ1) is 10.7. The molecule has 5 heteroatoms. The third-order valence-electron chi connectivity index (χ3n) is 4.62. The van der Waals surface area contributed by atoms with E-state index in [0.29, 0.717) is 5.92 Å². The fourth-order valence-corrected chi connectivity index (χ4v) is 3.57. The molecular formula is C17H23N3O2. The van der Waals surface area contributed by atoms with Gasteiger partial charge in [0, 0.05) is 25.2 Å². The molecule has 2 atom stereocenters. The normalized spacial score (nSPS) is 24.6. The molecule has 1 fully saturated rings. The molecule has 118 valence electrons. The fourth-order valence-electron chi connectivity index (χ4n) is 3.57. The van der Waals surface area contributed by atoms with Crippen molar-refractivity contribution in [3.63, 3.8) is 0 Å². The quantitative estimate of drug-likeness (QED) is 0.891. The van der Waals surface area contributed by atoms with Gasteiger partial charge in [-0.3, -0.25) is 9.59 Å². The van der Waals surface area contributed by atoms with Crippen molar-refractivity contribution in [3.8, 4) is 0 Å². The molecule has 2 aliphatic heterocycles. The van der Waals surface area contributed by atoms with E-state index in [9.17, 15) is 9.59 Å². The molecule has 0 bridgehead atoms. The Kier molecular flexibility index (Phi) is 4.43. The first-order valence-corrected chi connectivity index (χ1v) is 8.01. The summed E-state index contributed by atoms with van der Waals surface area (Å²) in [5.74, 6) is 0.206. The van der Waals surface area contributed by atoms with Gasteiger partial charge in [-0.2, -0.15) is 0 Å². The number of carbonyl (C=O) groups is 2. The van der Waals surface area contributed by atoms with Crippen LogP contribution in [0.4, 0.5) is 5.69 Å². The molecule has 2 unspecified atom stereocenters. The van der Waals surface area contributed by atoms with Crippen molar-refractivity contribution in [1.29, 1.82) is 0 Å². The first-order valence-electron chi connectivity index (χ1n) is 8.01. The van der Waals surface area contributed by atoms with Crippen LogP contribution in [0.5, 0.6) is 0 Å². The van der Waals surface area contributed by atoms with Gasteiger partial charge in [0.25, 0.3) is 0 Å². The van der Waals surface area contributed by atoms with Crippen molar-refractivity contribution in [2.45, 2.75) is 25.2 Å². The summed E-state index contributed by atoms with van der Waals surface area (Å²) in [7, 11) is 1.95.